The average Bonchev–Trinajstić information content (AvgIpc) is 2.62. The van der Waals surface area contributed by atoms with Crippen LogP contribution in [0.1, 0.15) is 10.4 Å². The summed E-state index contributed by atoms with van der Waals surface area (Å²) in [6.07, 6.45) is 0. The van der Waals surface area contributed by atoms with E-state index in [1.165, 1.54) is 0 Å². The fourth-order valence-electron chi connectivity index (χ4n) is 2.05. The van der Waals surface area contributed by atoms with Crippen molar-refractivity contribution < 1.29 is 37.3 Å². The highest BCUT2D eigenvalue weighted by atomic mass is 127. The molecule has 0 bridgehead atoms. The Labute approximate surface area is 205 Å². The summed E-state index contributed by atoms with van der Waals surface area (Å²) in [7, 11) is -4.61. The molecule has 0 aromatic heterocycles. The maximum absolute atomic E-state index is 12.3. The smallest absolute Gasteiger partial charge is 0.340 e. The third kappa shape index (κ3) is 6.01. The van der Waals surface area contributed by atoms with Gasteiger partial charge >= 0.3 is 11.7 Å². The fraction of sp³-hybridized carbons (Fsp3) is 0.133. The van der Waals surface area contributed by atoms with Crippen LogP contribution in [0.25, 0.3) is 0 Å². The molecule has 156 valence electrons. The molecule has 0 atom stereocenters. The Morgan fingerprint density at radius 3 is 2.38 bits per heavy atom. The van der Waals surface area contributed by atoms with Gasteiger partial charge in [-0.1, -0.05) is 0 Å². The third-order valence-electron chi connectivity index (χ3n) is 3.35. The second-order valence-electron chi connectivity index (χ2n) is 5.22. The number of nitro groups is 1. The van der Waals surface area contributed by atoms with E-state index >= 15 is 0 Å². The molecule has 14 heteroatoms. The molecule has 0 aliphatic rings. The number of nitro benzene ring substituents is 1. The first kappa shape index (κ1) is 24.3. The molecule has 0 aliphatic heterocycles. The number of phenolic OH excluding ortho intramolecular Hbond substituents is 1. The molecule has 0 fully saturated rings. The van der Waals surface area contributed by atoms with Crippen molar-refractivity contribution >= 4 is 89.5 Å². The molecule has 0 saturated carbocycles. The Balaban J connectivity index is 2.07. The average molecular weight is 761 g/mol. The molecule has 0 spiro atoms. The van der Waals surface area contributed by atoms with Crippen molar-refractivity contribution in [2.45, 2.75) is 4.90 Å². The summed E-state index contributed by atoms with van der Waals surface area (Å²) in [4.78, 5) is 21.9. The Kier molecular flexibility index (Phi) is 8.27. The van der Waals surface area contributed by atoms with Crippen LogP contribution in [0.3, 0.4) is 0 Å². The molecule has 2 aromatic rings. The second-order valence-corrected chi connectivity index (χ2v) is 10.0. The van der Waals surface area contributed by atoms with Gasteiger partial charge in [-0.2, -0.15) is 8.42 Å². The highest BCUT2D eigenvalue weighted by molar-refractivity contribution is 14.1. The highest BCUT2D eigenvalue weighted by Crippen LogP contribution is 2.33. The van der Waals surface area contributed by atoms with Gasteiger partial charge in [-0.15, -0.1) is 0 Å². The van der Waals surface area contributed by atoms with Gasteiger partial charge in [0.15, 0.2) is 5.75 Å². The number of carbonyl (C=O) groups is 1. The number of halogens is 3. The van der Waals surface area contributed by atoms with E-state index in [9.17, 15) is 28.4 Å². The molecular formula is C15H10I3NO9S. The number of ether oxygens (including phenoxy) is 2. The zero-order valence-corrected chi connectivity index (χ0v) is 21.3. The Morgan fingerprint density at radius 1 is 1.14 bits per heavy atom. The predicted molar refractivity (Wildman–Crippen MR) is 125 cm³/mol. The molecule has 2 aromatic carbocycles. The number of hydrogen-bond donors (Lipinski definition) is 2. The number of nitrogens with zero attached hydrogens (tertiary/aromatic N) is 1. The molecule has 0 radical (unpaired) electrons. The van der Waals surface area contributed by atoms with Crippen LogP contribution in [0.5, 0.6) is 11.5 Å². The Bertz CT molecular complexity index is 1090. The van der Waals surface area contributed by atoms with Gasteiger partial charge < -0.3 is 14.6 Å². The van der Waals surface area contributed by atoms with Crippen molar-refractivity contribution in [2.75, 3.05) is 13.2 Å². The Morgan fingerprint density at radius 2 is 1.79 bits per heavy atom. The second kappa shape index (κ2) is 9.88. The SMILES string of the molecule is O=C(OCCOc1ccc(S(=O)(=O)O)cc1[N+](=O)[O-])c1c(I)cc(I)c(O)c1I. The lowest BCUT2D eigenvalue weighted by Gasteiger charge is -2.11. The third-order valence-corrected chi connectivity index (χ3v) is 6.92. The topological polar surface area (TPSA) is 153 Å². The number of hydrogen-bond acceptors (Lipinski definition) is 8. The number of rotatable bonds is 7. The minimum absolute atomic E-state index is 0.0376. The molecule has 29 heavy (non-hydrogen) atoms. The molecule has 0 saturated heterocycles. The lowest BCUT2D eigenvalue weighted by Crippen LogP contribution is -2.15. The summed E-state index contributed by atoms with van der Waals surface area (Å²) >= 11 is 5.70. The van der Waals surface area contributed by atoms with Gasteiger partial charge in [-0.25, -0.2) is 4.79 Å². The van der Waals surface area contributed by atoms with Crippen molar-refractivity contribution in [1.29, 1.82) is 0 Å². The van der Waals surface area contributed by atoms with Crippen molar-refractivity contribution in [3.8, 4) is 11.5 Å². The molecule has 0 unspecified atom stereocenters. The van der Waals surface area contributed by atoms with E-state index in [0.717, 1.165) is 12.1 Å². The normalized spacial score (nSPS) is 11.2. The number of carbonyl (C=O) groups excluding carboxylic acids is 1. The van der Waals surface area contributed by atoms with E-state index in [1.54, 1.807) is 6.07 Å². The largest absolute Gasteiger partial charge is 0.506 e. The first-order chi connectivity index (χ1) is 13.4. The zero-order chi connectivity index (χ0) is 21.9. The maximum Gasteiger partial charge on any atom is 0.340 e. The van der Waals surface area contributed by atoms with Crippen LogP contribution in [-0.2, 0) is 14.9 Å². The van der Waals surface area contributed by atoms with E-state index < -0.39 is 31.6 Å². The minimum atomic E-state index is -4.61. The van der Waals surface area contributed by atoms with E-state index in [4.69, 9.17) is 14.0 Å². The number of esters is 1. The molecule has 2 N–H and O–H groups in total. The van der Waals surface area contributed by atoms with E-state index in [0.29, 0.717) is 16.8 Å². The molecule has 0 heterocycles. The van der Waals surface area contributed by atoms with Gasteiger partial charge in [-0.05, 0) is 86.0 Å². The van der Waals surface area contributed by atoms with E-state index in [-0.39, 0.29) is 30.3 Å². The molecule has 0 aliphatic carbocycles. The maximum atomic E-state index is 12.3. The quantitative estimate of drug-likeness (QED) is 0.108. The summed E-state index contributed by atoms with van der Waals surface area (Å²) < 4.78 is 43.0. The van der Waals surface area contributed by atoms with E-state index in [1.807, 2.05) is 67.8 Å². The van der Waals surface area contributed by atoms with Gasteiger partial charge in [0.05, 0.1) is 17.6 Å². The summed E-state index contributed by atoms with van der Waals surface area (Å²) in [5, 5.41) is 21.1. The minimum Gasteiger partial charge on any atom is -0.506 e. The van der Waals surface area contributed by atoms with Gasteiger partial charge in [0, 0.05) is 9.64 Å². The standard InChI is InChI=1S/C15H10I3NO9S/c16-8-6-9(17)14(20)13(18)12(8)15(21)28-4-3-27-11-2-1-7(29(24,25)26)5-10(11)19(22)23/h1-2,5-6,20H,3-4H2,(H,24,25,26). The first-order valence-corrected chi connectivity index (χ1v) is 12.0. The van der Waals surface area contributed by atoms with Gasteiger partial charge in [-0.3, -0.25) is 14.7 Å². The van der Waals surface area contributed by atoms with Gasteiger partial charge in [0.1, 0.15) is 23.9 Å². The van der Waals surface area contributed by atoms with Crippen LogP contribution in [0, 0.1) is 20.8 Å². The number of benzene rings is 2. The first-order valence-electron chi connectivity index (χ1n) is 7.35. The van der Waals surface area contributed by atoms with Crippen molar-refractivity contribution in [2.24, 2.45) is 0 Å². The molecule has 0 amide bonds. The summed E-state index contributed by atoms with van der Waals surface area (Å²) in [5.41, 5.74) is -0.481. The zero-order valence-electron chi connectivity index (χ0n) is 14.0. The summed E-state index contributed by atoms with van der Waals surface area (Å²) in [5.74, 6) is -0.996. The highest BCUT2D eigenvalue weighted by Gasteiger charge is 2.22. The Hall–Kier alpha value is -0.990. The van der Waals surface area contributed by atoms with Crippen molar-refractivity contribution in [3.05, 3.63) is 50.7 Å². The van der Waals surface area contributed by atoms with Crippen LogP contribution in [0.15, 0.2) is 29.2 Å². The van der Waals surface area contributed by atoms with Crippen LogP contribution in [0.2, 0.25) is 0 Å². The molecule has 2 rings (SSSR count). The lowest BCUT2D eigenvalue weighted by molar-refractivity contribution is -0.386. The molecule has 10 nitrogen and oxygen atoms in total. The summed E-state index contributed by atoms with van der Waals surface area (Å²) in [6.45, 7) is -0.504. The molecular weight excluding hydrogens is 751 g/mol. The fourth-order valence-corrected chi connectivity index (χ4v) is 6.36. The summed E-state index contributed by atoms with van der Waals surface area (Å²) in [6, 6.07) is 4.25. The monoisotopic (exact) mass is 761 g/mol. The van der Waals surface area contributed by atoms with Crippen LogP contribution in [0.4, 0.5) is 5.69 Å². The van der Waals surface area contributed by atoms with Crippen molar-refractivity contribution in [1.82, 2.24) is 0 Å². The lowest BCUT2D eigenvalue weighted by atomic mass is 10.2. The predicted octanol–water partition coefficient (Wildman–Crippen LogP) is 3.60. The number of aromatic hydroxyl groups is 1. The van der Waals surface area contributed by atoms with E-state index in [2.05, 4.69) is 0 Å². The van der Waals surface area contributed by atoms with Gasteiger partial charge in [0.2, 0.25) is 0 Å². The van der Waals surface area contributed by atoms with Crippen LogP contribution in [-0.4, -0.2) is 42.2 Å². The van der Waals surface area contributed by atoms with Crippen LogP contribution >= 0.6 is 67.8 Å². The number of phenols is 1. The van der Waals surface area contributed by atoms with Crippen molar-refractivity contribution in [3.63, 3.8) is 0 Å². The van der Waals surface area contributed by atoms with Crippen LogP contribution < -0.4 is 4.74 Å². The van der Waals surface area contributed by atoms with Gasteiger partial charge in [0.25, 0.3) is 10.1 Å².